The molecule has 1 atom stereocenters. The maximum Gasteiger partial charge on any atom is 0.227 e. The van der Waals surface area contributed by atoms with Gasteiger partial charge >= 0.3 is 0 Å². The largest absolute Gasteiger partial charge is 0.497 e. The molecule has 1 fully saturated rings. The van der Waals surface area contributed by atoms with E-state index >= 15 is 0 Å². The van der Waals surface area contributed by atoms with Crippen molar-refractivity contribution in [2.75, 3.05) is 19.0 Å². The van der Waals surface area contributed by atoms with Crippen molar-refractivity contribution in [1.82, 2.24) is 15.1 Å². The summed E-state index contributed by atoms with van der Waals surface area (Å²) in [4.78, 5) is 27.3. The molecule has 0 radical (unpaired) electrons. The molecule has 1 aliphatic rings. The predicted octanol–water partition coefficient (Wildman–Crippen LogP) is 4.36. The first-order valence-electron chi connectivity index (χ1n) is 10.6. The summed E-state index contributed by atoms with van der Waals surface area (Å²) in [5.41, 5.74) is 0.887. The second kappa shape index (κ2) is 10.5. The number of benzene rings is 1. The number of anilines is 1. The van der Waals surface area contributed by atoms with Crippen LogP contribution >= 0.6 is 11.3 Å². The van der Waals surface area contributed by atoms with Crippen molar-refractivity contribution < 1.29 is 14.3 Å². The number of nitrogens with zero attached hydrogens (tertiary/aromatic N) is 3. The fourth-order valence-corrected chi connectivity index (χ4v) is 4.48. The number of ether oxygens (including phenoxy) is 1. The smallest absolute Gasteiger partial charge is 0.227 e. The van der Waals surface area contributed by atoms with E-state index in [4.69, 9.17) is 4.74 Å². The highest BCUT2D eigenvalue weighted by atomic mass is 32.1. The number of hydrogen-bond acceptors (Lipinski definition) is 6. The zero-order valence-corrected chi connectivity index (χ0v) is 18.7. The van der Waals surface area contributed by atoms with Crippen LogP contribution in [0.4, 0.5) is 5.13 Å². The number of carbonyl (C=O) groups is 2. The Morgan fingerprint density at radius 3 is 2.77 bits per heavy atom. The summed E-state index contributed by atoms with van der Waals surface area (Å²) >= 11 is 1.32. The van der Waals surface area contributed by atoms with E-state index in [1.54, 1.807) is 7.11 Å². The number of hydrogen-bond donors (Lipinski definition) is 1. The van der Waals surface area contributed by atoms with Crippen LogP contribution in [-0.4, -0.2) is 46.6 Å². The standard InChI is InChI=1S/C22H30N4O3S/c1-4-15(2)26(21(28)16-8-5-6-9-16)13-12-19(27)23-22-25-24-20(30-22)17-10-7-11-18(14-17)29-3/h7,10-11,14-16H,4-6,8-9,12-13H2,1-3H3,(H,23,25,27). The van der Waals surface area contributed by atoms with Crippen LogP contribution in [0.2, 0.25) is 0 Å². The monoisotopic (exact) mass is 430 g/mol. The van der Waals surface area contributed by atoms with Crippen molar-refractivity contribution in [3.8, 4) is 16.3 Å². The Labute approximate surface area is 181 Å². The van der Waals surface area contributed by atoms with Gasteiger partial charge in [-0.1, -0.05) is 43.2 Å². The van der Waals surface area contributed by atoms with Crippen LogP contribution in [0, 0.1) is 5.92 Å². The maximum absolute atomic E-state index is 12.9. The third-order valence-corrected chi connectivity index (χ3v) is 6.57. The number of aromatic nitrogens is 2. The fraction of sp³-hybridized carbons (Fsp3) is 0.545. The van der Waals surface area contributed by atoms with E-state index in [0.29, 0.717) is 16.7 Å². The van der Waals surface area contributed by atoms with Crippen LogP contribution in [0.3, 0.4) is 0 Å². The van der Waals surface area contributed by atoms with Gasteiger partial charge in [-0.15, -0.1) is 10.2 Å². The Kier molecular flexibility index (Phi) is 7.79. The zero-order valence-electron chi connectivity index (χ0n) is 17.9. The molecule has 1 aliphatic carbocycles. The predicted molar refractivity (Wildman–Crippen MR) is 119 cm³/mol. The third kappa shape index (κ3) is 5.56. The lowest BCUT2D eigenvalue weighted by Crippen LogP contribution is -2.43. The van der Waals surface area contributed by atoms with Gasteiger partial charge in [-0.25, -0.2) is 0 Å². The molecule has 2 amide bonds. The molecular formula is C22H30N4O3S. The molecule has 1 aromatic heterocycles. The van der Waals surface area contributed by atoms with E-state index in [1.807, 2.05) is 29.2 Å². The van der Waals surface area contributed by atoms with Gasteiger partial charge in [-0.3, -0.25) is 9.59 Å². The van der Waals surface area contributed by atoms with Crippen LogP contribution in [0.15, 0.2) is 24.3 Å². The topological polar surface area (TPSA) is 84.4 Å². The van der Waals surface area contributed by atoms with E-state index in [9.17, 15) is 9.59 Å². The van der Waals surface area contributed by atoms with E-state index in [0.717, 1.165) is 43.4 Å². The van der Waals surface area contributed by atoms with Gasteiger partial charge in [0, 0.05) is 30.5 Å². The molecule has 1 N–H and O–H groups in total. The molecule has 0 aliphatic heterocycles. The van der Waals surface area contributed by atoms with Gasteiger partial charge in [-0.05, 0) is 38.3 Å². The summed E-state index contributed by atoms with van der Waals surface area (Å²) in [5.74, 6) is 0.905. The van der Waals surface area contributed by atoms with E-state index in [1.165, 1.54) is 11.3 Å². The normalized spacial score (nSPS) is 15.0. The molecule has 2 aromatic rings. The van der Waals surface area contributed by atoms with Crippen LogP contribution in [0.1, 0.15) is 52.4 Å². The summed E-state index contributed by atoms with van der Waals surface area (Å²) in [7, 11) is 1.62. The summed E-state index contributed by atoms with van der Waals surface area (Å²) < 4.78 is 5.24. The molecular weight excluding hydrogens is 400 g/mol. The first-order valence-corrected chi connectivity index (χ1v) is 11.4. The zero-order chi connectivity index (χ0) is 21.5. The molecule has 8 heteroatoms. The first kappa shape index (κ1) is 22.2. The second-order valence-electron chi connectivity index (χ2n) is 7.71. The molecule has 3 rings (SSSR count). The van der Waals surface area contributed by atoms with Crippen LogP contribution < -0.4 is 10.1 Å². The Balaban J connectivity index is 1.57. The quantitative estimate of drug-likeness (QED) is 0.639. The van der Waals surface area contributed by atoms with Crippen molar-refractivity contribution in [3.05, 3.63) is 24.3 Å². The molecule has 1 aromatic carbocycles. The average molecular weight is 431 g/mol. The molecule has 7 nitrogen and oxygen atoms in total. The summed E-state index contributed by atoms with van der Waals surface area (Å²) in [6, 6.07) is 7.69. The lowest BCUT2D eigenvalue weighted by Gasteiger charge is -2.30. The van der Waals surface area contributed by atoms with E-state index < -0.39 is 0 Å². The summed E-state index contributed by atoms with van der Waals surface area (Å²) in [6.07, 6.45) is 5.30. The van der Waals surface area contributed by atoms with Crippen LogP contribution in [0.5, 0.6) is 5.75 Å². The number of nitrogens with one attached hydrogen (secondary N) is 1. The van der Waals surface area contributed by atoms with E-state index in [-0.39, 0.29) is 30.2 Å². The SMILES string of the molecule is CCC(C)N(CCC(=O)Nc1nnc(-c2cccc(OC)c2)s1)C(=O)C1CCCC1. The minimum atomic E-state index is -0.157. The molecule has 1 saturated carbocycles. The van der Waals surface area contributed by atoms with Crippen LogP contribution in [-0.2, 0) is 9.59 Å². The van der Waals surface area contributed by atoms with Gasteiger partial charge in [0.1, 0.15) is 10.8 Å². The highest BCUT2D eigenvalue weighted by molar-refractivity contribution is 7.18. The first-order chi connectivity index (χ1) is 14.5. The number of rotatable bonds is 9. The Bertz CT molecular complexity index is 864. The molecule has 0 spiro atoms. The lowest BCUT2D eigenvalue weighted by atomic mass is 10.0. The highest BCUT2D eigenvalue weighted by Gasteiger charge is 2.29. The Hall–Kier alpha value is -2.48. The third-order valence-electron chi connectivity index (χ3n) is 5.68. The van der Waals surface area contributed by atoms with Gasteiger partial charge < -0.3 is 15.0 Å². The van der Waals surface area contributed by atoms with Gasteiger partial charge in [-0.2, -0.15) is 0 Å². The number of methoxy groups -OCH3 is 1. The molecule has 0 saturated heterocycles. The molecule has 30 heavy (non-hydrogen) atoms. The molecule has 1 heterocycles. The lowest BCUT2D eigenvalue weighted by molar-refractivity contribution is -0.137. The fourth-order valence-electron chi connectivity index (χ4n) is 3.73. The van der Waals surface area contributed by atoms with Crippen molar-refractivity contribution >= 4 is 28.3 Å². The van der Waals surface area contributed by atoms with Gasteiger partial charge in [0.2, 0.25) is 16.9 Å². The summed E-state index contributed by atoms with van der Waals surface area (Å²) in [6.45, 7) is 4.55. The second-order valence-corrected chi connectivity index (χ2v) is 8.69. The number of amides is 2. The Morgan fingerprint density at radius 2 is 2.07 bits per heavy atom. The van der Waals surface area contributed by atoms with Crippen molar-refractivity contribution in [3.63, 3.8) is 0 Å². The van der Waals surface area contributed by atoms with Crippen molar-refractivity contribution in [1.29, 1.82) is 0 Å². The Morgan fingerprint density at radius 1 is 1.30 bits per heavy atom. The van der Waals surface area contributed by atoms with Gasteiger partial charge in [0.05, 0.1) is 7.11 Å². The molecule has 162 valence electrons. The van der Waals surface area contributed by atoms with Gasteiger partial charge in [0.25, 0.3) is 0 Å². The molecule has 1 unspecified atom stereocenters. The minimum absolute atomic E-state index is 0.121. The van der Waals surface area contributed by atoms with Crippen LogP contribution in [0.25, 0.3) is 10.6 Å². The number of carbonyl (C=O) groups excluding carboxylic acids is 2. The van der Waals surface area contributed by atoms with Gasteiger partial charge in [0.15, 0.2) is 0 Å². The maximum atomic E-state index is 12.9. The van der Waals surface area contributed by atoms with E-state index in [2.05, 4.69) is 29.4 Å². The van der Waals surface area contributed by atoms with Crippen molar-refractivity contribution in [2.45, 2.75) is 58.4 Å². The average Bonchev–Trinajstić information content (AvgIpc) is 3.46. The van der Waals surface area contributed by atoms with Crippen molar-refractivity contribution in [2.24, 2.45) is 5.92 Å². The molecule has 0 bridgehead atoms. The highest BCUT2D eigenvalue weighted by Crippen LogP contribution is 2.29. The minimum Gasteiger partial charge on any atom is -0.497 e. The summed E-state index contributed by atoms with van der Waals surface area (Å²) in [5, 5.41) is 12.2.